The zero-order valence-electron chi connectivity index (χ0n) is 15.2. The molecule has 1 aromatic carbocycles. The van der Waals surface area contributed by atoms with Crippen molar-refractivity contribution in [1.29, 1.82) is 0 Å². The number of carboxylic acid groups (broad SMARTS) is 1. The van der Waals surface area contributed by atoms with Crippen molar-refractivity contribution in [2.24, 2.45) is 0 Å². The molecule has 0 atom stereocenters. The number of hydrogen-bond donors (Lipinski definition) is 1. The quantitative estimate of drug-likeness (QED) is 0.473. The molecule has 8 nitrogen and oxygen atoms in total. The van der Waals surface area contributed by atoms with Crippen molar-refractivity contribution >= 4 is 44.3 Å². The highest BCUT2D eigenvalue weighted by atomic mass is 79.9. The molecular formula is C19H14BrN3O5S. The molecule has 0 unspecified atom stereocenters. The summed E-state index contributed by atoms with van der Waals surface area (Å²) in [6, 6.07) is 11.4. The van der Waals surface area contributed by atoms with Crippen LogP contribution in [-0.2, 0) is 4.79 Å². The third kappa shape index (κ3) is 4.84. The second-order valence-electron chi connectivity index (χ2n) is 5.84. The van der Waals surface area contributed by atoms with Crippen molar-refractivity contribution in [2.45, 2.75) is 13.8 Å². The summed E-state index contributed by atoms with van der Waals surface area (Å²) in [5.74, 6) is 0.404. The summed E-state index contributed by atoms with van der Waals surface area (Å²) >= 11 is 4.53. The fraction of sp³-hybridized carbons (Fsp3) is 0.105. The third-order valence-electron chi connectivity index (χ3n) is 3.55. The van der Waals surface area contributed by atoms with Crippen LogP contribution in [0, 0.1) is 6.92 Å². The van der Waals surface area contributed by atoms with Crippen LogP contribution in [0.3, 0.4) is 0 Å². The molecule has 29 heavy (non-hydrogen) atoms. The van der Waals surface area contributed by atoms with E-state index in [1.54, 1.807) is 12.1 Å². The van der Waals surface area contributed by atoms with Gasteiger partial charge in [-0.1, -0.05) is 39.4 Å². The average Bonchev–Trinajstić information content (AvgIpc) is 3.22. The van der Waals surface area contributed by atoms with E-state index in [1.807, 2.05) is 30.3 Å². The Labute approximate surface area is 175 Å². The summed E-state index contributed by atoms with van der Waals surface area (Å²) in [5.41, 5.74) is 0.365. The minimum atomic E-state index is -0.833. The van der Waals surface area contributed by atoms with E-state index in [0.717, 1.165) is 32.8 Å². The van der Waals surface area contributed by atoms with Crippen molar-refractivity contribution in [1.82, 2.24) is 14.6 Å². The molecule has 4 rings (SSSR count). The smallest absolute Gasteiger partial charge is 0.300 e. The van der Waals surface area contributed by atoms with Gasteiger partial charge < -0.3 is 9.52 Å². The summed E-state index contributed by atoms with van der Waals surface area (Å²) in [4.78, 5) is 37.1. The molecule has 0 amide bonds. The Hall–Kier alpha value is -3.11. The predicted molar refractivity (Wildman–Crippen MR) is 112 cm³/mol. The van der Waals surface area contributed by atoms with Gasteiger partial charge in [0, 0.05) is 23.0 Å². The topological polar surface area (TPSA) is 115 Å². The number of benzene rings is 1. The Balaban J connectivity index is 0.000000552. The highest BCUT2D eigenvalue weighted by molar-refractivity contribution is 9.10. The molecule has 0 aliphatic rings. The molecule has 1 N–H and O–H groups in total. The molecule has 0 bridgehead atoms. The molecule has 0 spiro atoms. The van der Waals surface area contributed by atoms with Crippen LogP contribution in [0.25, 0.3) is 22.4 Å². The minimum Gasteiger partial charge on any atom is -0.481 e. The fourth-order valence-electron chi connectivity index (χ4n) is 2.34. The molecule has 0 fully saturated rings. The molecule has 3 aromatic heterocycles. The van der Waals surface area contributed by atoms with Gasteiger partial charge in [-0.25, -0.2) is 0 Å². The normalized spacial score (nSPS) is 11.3. The molecule has 0 saturated heterocycles. The standard InChI is InChI=1S/C17H10BrN3O3S.C2H4O2/c1-9-15(22)19-17-21(20-9)16(23)14(25-17)8-12-5-6-13(24-12)10-3-2-4-11(18)7-10;1-2(3)4/h2-8H,1H3;1H3,(H,3,4). The summed E-state index contributed by atoms with van der Waals surface area (Å²) in [6.07, 6.45) is 1.63. The summed E-state index contributed by atoms with van der Waals surface area (Å²) < 4.78 is 8.31. The first-order chi connectivity index (χ1) is 13.7. The SMILES string of the molecule is CC(=O)O.Cc1nn2c(=O)c(=Cc3ccc(-c4cccc(Br)c4)o3)sc2nc1=O. The zero-order valence-corrected chi connectivity index (χ0v) is 17.7. The van der Waals surface area contributed by atoms with Crippen LogP contribution in [0.15, 0.2) is 54.9 Å². The Morgan fingerprint density at radius 2 is 2.00 bits per heavy atom. The highest BCUT2D eigenvalue weighted by Gasteiger charge is 2.09. The second kappa shape index (κ2) is 8.50. The molecule has 4 aromatic rings. The van der Waals surface area contributed by atoms with Gasteiger partial charge in [0.15, 0.2) is 0 Å². The van der Waals surface area contributed by atoms with Crippen LogP contribution in [0.1, 0.15) is 18.4 Å². The number of thiazole rings is 1. The predicted octanol–water partition coefficient (Wildman–Crippen LogP) is 2.48. The van der Waals surface area contributed by atoms with E-state index in [-0.39, 0.29) is 16.2 Å². The maximum atomic E-state index is 12.4. The Bertz CT molecular complexity index is 1370. The Morgan fingerprint density at radius 1 is 1.28 bits per heavy atom. The second-order valence-corrected chi connectivity index (χ2v) is 7.77. The van der Waals surface area contributed by atoms with Crippen molar-refractivity contribution < 1.29 is 14.3 Å². The van der Waals surface area contributed by atoms with E-state index < -0.39 is 11.5 Å². The molecule has 0 saturated carbocycles. The summed E-state index contributed by atoms with van der Waals surface area (Å²) in [6.45, 7) is 2.61. The van der Waals surface area contributed by atoms with Gasteiger partial charge in [0.05, 0.1) is 0 Å². The van der Waals surface area contributed by atoms with Gasteiger partial charge in [0.1, 0.15) is 21.7 Å². The van der Waals surface area contributed by atoms with E-state index in [4.69, 9.17) is 14.3 Å². The number of carbonyl (C=O) groups is 1. The number of aromatic nitrogens is 3. The summed E-state index contributed by atoms with van der Waals surface area (Å²) in [5, 5.41) is 11.4. The average molecular weight is 476 g/mol. The number of aryl methyl sites for hydroxylation is 1. The molecule has 0 aliphatic carbocycles. The fourth-order valence-corrected chi connectivity index (χ4v) is 3.63. The molecule has 10 heteroatoms. The van der Waals surface area contributed by atoms with E-state index >= 15 is 0 Å². The monoisotopic (exact) mass is 475 g/mol. The van der Waals surface area contributed by atoms with Gasteiger partial charge >= 0.3 is 0 Å². The minimum absolute atomic E-state index is 0.189. The third-order valence-corrected chi connectivity index (χ3v) is 5.00. The molecule has 3 heterocycles. The van der Waals surface area contributed by atoms with Gasteiger partial charge in [-0.3, -0.25) is 14.4 Å². The number of rotatable bonds is 2. The van der Waals surface area contributed by atoms with Gasteiger partial charge in [-0.05, 0) is 31.2 Å². The van der Waals surface area contributed by atoms with Crippen LogP contribution >= 0.6 is 27.3 Å². The van der Waals surface area contributed by atoms with Gasteiger partial charge in [-0.2, -0.15) is 14.6 Å². The van der Waals surface area contributed by atoms with Crippen molar-refractivity contribution in [3.05, 3.63) is 77.6 Å². The number of halogens is 1. The van der Waals surface area contributed by atoms with Crippen LogP contribution in [0.2, 0.25) is 0 Å². The first-order valence-corrected chi connectivity index (χ1v) is 9.83. The van der Waals surface area contributed by atoms with Crippen LogP contribution in [-0.4, -0.2) is 25.7 Å². The van der Waals surface area contributed by atoms with Crippen LogP contribution in [0.4, 0.5) is 0 Å². The summed E-state index contributed by atoms with van der Waals surface area (Å²) in [7, 11) is 0. The van der Waals surface area contributed by atoms with E-state index in [1.165, 1.54) is 6.92 Å². The number of hydrogen-bond acceptors (Lipinski definition) is 7. The van der Waals surface area contributed by atoms with Crippen molar-refractivity contribution in [2.75, 3.05) is 0 Å². The molecule has 148 valence electrons. The van der Waals surface area contributed by atoms with Crippen LogP contribution < -0.4 is 15.7 Å². The largest absolute Gasteiger partial charge is 0.481 e. The van der Waals surface area contributed by atoms with Crippen molar-refractivity contribution in [3.8, 4) is 11.3 Å². The molecule has 0 aliphatic heterocycles. The lowest BCUT2D eigenvalue weighted by atomic mass is 10.2. The molecular weight excluding hydrogens is 462 g/mol. The van der Waals surface area contributed by atoms with Gasteiger partial charge in [-0.15, -0.1) is 0 Å². The number of nitrogens with zero attached hydrogens (tertiary/aromatic N) is 3. The Morgan fingerprint density at radius 3 is 2.69 bits per heavy atom. The number of aliphatic carboxylic acids is 1. The van der Waals surface area contributed by atoms with E-state index in [2.05, 4.69) is 26.0 Å². The van der Waals surface area contributed by atoms with Gasteiger partial charge in [0.2, 0.25) is 4.96 Å². The van der Waals surface area contributed by atoms with E-state index in [9.17, 15) is 9.59 Å². The van der Waals surface area contributed by atoms with Crippen LogP contribution in [0.5, 0.6) is 0 Å². The number of fused-ring (bicyclic) bond motifs is 1. The highest BCUT2D eigenvalue weighted by Crippen LogP contribution is 2.25. The Kier molecular flexibility index (Phi) is 6.04. The lowest BCUT2D eigenvalue weighted by molar-refractivity contribution is -0.134. The zero-order chi connectivity index (χ0) is 21.1. The van der Waals surface area contributed by atoms with Gasteiger partial charge in [0.25, 0.3) is 17.1 Å². The molecule has 0 radical (unpaired) electrons. The first-order valence-electron chi connectivity index (χ1n) is 8.22. The maximum Gasteiger partial charge on any atom is 0.300 e. The maximum absolute atomic E-state index is 12.4. The number of furan rings is 1. The van der Waals surface area contributed by atoms with E-state index in [0.29, 0.717) is 16.1 Å². The lowest BCUT2D eigenvalue weighted by Gasteiger charge is -1.96. The first kappa shape index (κ1) is 20.6. The lowest BCUT2D eigenvalue weighted by Crippen LogP contribution is -2.27. The van der Waals surface area contributed by atoms with Crippen molar-refractivity contribution in [3.63, 3.8) is 0 Å². The number of carboxylic acids is 1.